The van der Waals surface area contributed by atoms with Crippen LogP contribution in [0.1, 0.15) is 49.0 Å². The molecule has 0 aromatic heterocycles. The lowest BCUT2D eigenvalue weighted by atomic mass is 9.69. The molecule has 1 aromatic carbocycles. The molecule has 0 bridgehead atoms. The SMILES string of the molecule is CC[C@]1(C)CCC(=O)c2cc(F)ccc21. The van der Waals surface area contributed by atoms with Crippen molar-refractivity contribution in [3.05, 3.63) is 35.1 Å². The van der Waals surface area contributed by atoms with Crippen LogP contribution >= 0.6 is 0 Å². The van der Waals surface area contributed by atoms with Gasteiger partial charge in [0.25, 0.3) is 0 Å². The molecule has 0 heterocycles. The summed E-state index contributed by atoms with van der Waals surface area (Å²) in [7, 11) is 0. The van der Waals surface area contributed by atoms with Crippen LogP contribution in [0, 0.1) is 5.82 Å². The third kappa shape index (κ3) is 1.58. The van der Waals surface area contributed by atoms with Gasteiger partial charge in [-0.2, -0.15) is 0 Å². The number of Topliss-reactive ketones (excluding diaryl/α,β-unsaturated/α-hetero) is 1. The molecule has 80 valence electrons. The maximum Gasteiger partial charge on any atom is 0.163 e. The molecule has 0 unspecified atom stereocenters. The molecule has 0 spiro atoms. The predicted molar refractivity (Wildman–Crippen MR) is 57.6 cm³/mol. The minimum atomic E-state index is -0.317. The third-order valence-electron chi connectivity index (χ3n) is 3.62. The highest BCUT2D eigenvalue weighted by molar-refractivity contribution is 5.99. The monoisotopic (exact) mass is 206 g/mol. The maximum atomic E-state index is 13.1. The van der Waals surface area contributed by atoms with Gasteiger partial charge in [-0.05, 0) is 36.0 Å². The van der Waals surface area contributed by atoms with Crippen LogP contribution in [-0.4, -0.2) is 5.78 Å². The van der Waals surface area contributed by atoms with Crippen molar-refractivity contribution in [2.24, 2.45) is 0 Å². The Hall–Kier alpha value is -1.18. The minimum Gasteiger partial charge on any atom is -0.294 e. The second-order valence-electron chi connectivity index (χ2n) is 4.53. The van der Waals surface area contributed by atoms with E-state index in [0.29, 0.717) is 12.0 Å². The van der Waals surface area contributed by atoms with E-state index in [4.69, 9.17) is 0 Å². The third-order valence-corrected chi connectivity index (χ3v) is 3.62. The van der Waals surface area contributed by atoms with Crippen molar-refractivity contribution in [3.8, 4) is 0 Å². The van der Waals surface area contributed by atoms with Crippen LogP contribution < -0.4 is 0 Å². The van der Waals surface area contributed by atoms with Crippen molar-refractivity contribution in [1.82, 2.24) is 0 Å². The highest BCUT2D eigenvalue weighted by Gasteiger charge is 2.33. The van der Waals surface area contributed by atoms with E-state index in [2.05, 4.69) is 13.8 Å². The van der Waals surface area contributed by atoms with Gasteiger partial charge in [-0.3, -0.25) is 4.79 Å². The van der Waals surface area contributed by atoms with Crippen molar-refractivity contribution in [3.63, 3.8) is 0 Å². The number of hydrogen-bond acceptors (Lipinski definition) is 1. The number of carbonyl (C=O) groups excluding carboxylic acids is 1. The number of fused-ring (bicyclic) bond motifs is 1. The molecule has 1 aliphatic carbocycles. The van der Waals surface area contributed by atoms with Gasteiger partial charge in [0.2, 0.25) is 0 Å². The Kier molecular flexibility index (Phi) is 2.37. The Morgan fingerprint density at radius 1 is 1.47 bits per heavy atom. The zero-order valence-corrected chi connectivity index (χ0v) is 9.14. The van der Waals surface area contributed by atoms with Crippen LogP contribution in [0.2, 0.25) is 0 Å². The van der Waals surface area contributed by atoms with E-state index in [9.17, 15) is 9.18 Å². The number of halogens is 1. The van der Waals surface area contributed by atoms with Crippen molar-refractivity contribution >= 4 is 5.78 Å². The van der Waals surface area contributed by atoms with E-state index < -0.39 is 0 Å². The minimum absolute atomic E-state index is 0.0386. The highest BCUT2D eigenvalue weighted by atomic mass is 19.1. The molecule has 2 heteroatoms. The van der Waals surface area contributed by atoms with Gasteiger partial charge >= 0.3 is 0 Å². The fraction of sp³-hybridized carbons (Fsp3) is 0.462. The molecule has 1 aliphatic rings. The zero-order chi connectivity index (χ0) is 11.1. The van der Waals surface area contributed by atoms with Gasteiger partial charge in [0.05, 0.1) is 0 Å². The van der Waals surface area contributed by atoms with E-state index in [1.54, 1.807) is 6.07 Å². The number of ketones is 1. The van der Waals surface area contributed by atoms with Gasteiger partial charge in [-0.15, -0.1) is 0 Å². The Labute approximate surface area is 89.3 Å². The average Bonchev–Trinajstić information content (AvgIpc) is 2.24. The van der Waals surface area contributed by atoms with Gasteiger partial charge in [0.15, 0.2) is 5.78 Å². The van der Waals surface area contributed by atoms with Crippen LogP contribution in [0.4, 0.5) is 4.39 Å². The largest absolute Gasteiger partial charge is 0.294 e. The molecule has 0 amide bonds. The molecule has 1 atom stereocenters. The normalized spacial score (nSPS) is 25.1. The first kappa shape index (κ1) is 10.3. The van der Waals surface area contributed by atoms with Crippen LogP contribution in [0.15, 0.2) is 18.2 Å². The Bertz CT molecular complexity index is 411. The van der Waals surface area contributed by atoms with Crippen molar-refractivity contribution in [1.29, 1.82) is 0 Å². The summed E-state index contributed by atoms with van der Waals surface area (Å²) < 4.78 is 13.1. The smallest absolute Gasteiger partial charge is 0.163 e. The van der Waals surface area contributed by atoms with Crippen LogP contribution in [0.25, 0.3) is 0 Å². The van der Waals surface area contributed by atoms with E-state index in [1.165, 1.54) is 12.1 Å². The zero-order valence-electron chi connectivity index (χ0n) is 9.14. The van der Waals surface area contributed by atoms with Crippen LogP contribution in [-0.2, 0) is 5.41 Å². The number of rotatable bonds is 1. The maximum absolute atomic E-state index is 13.1. The molecule has 0 saturated heterocycles. The molecule has 0 saturated carbocycles. The first-order valence-electron chi connectivity index (χ1n) is 5.40. The summed E-state index contributed by atoms with van der Waals surface area (Å²) in [5.41, 5.74) is 1.64. The van der Waals surface area contributed by atoms with Crippen molar-refractivity contribution < 1.29 is 9.18 Å². The molecule has 0 fully saturated rings. The summed E-state index contributed by atoms with van der Waals surface area (Å²) >= 11 is 0. The molecule has 15 heavy (non-hydrogen) atoms. The molecule has 1 aromatic rings. The molecule has 0 aliphatic heterocycles. The molecule has 0 N–H and O–H groups in total. The Balaban J connectivity index is 2.60. The standard InChI is InChI=1S/C13H15FO/c1-3-13(2)7-6-12(15)10-8-9(14)4-5-11(10)13/h4-5,8H,3,6-7H2,1-2H3/t13-/m1/s1. The highest BCUT2D eigenvalue weighted by Crippen LogP contribution is 2.39. The van der Waals surface area contributed by atoms with Gasteiger partial charge in [-0.1, -0.05) is 19.9 Å². The predicted octanol–water partition coefficient (Wildman–Crippen LogP) is 3.47. The Morgan fingerprint density at radius 3 is 2.87 bits per heavy atom. The lowest BCUT2D eigenvalue weighted by Gasteiger charge is -2.34. The van der Waals surface area contributed by atoms with Crippen molar-refractivity contribution in [2.75, 3.05) is 0 Å². The quantitative estimate of drug-likeness (QED) is 0.687. The van der Waals surface area contributed by atoms with E-state index in [0.717, 1.165) is 18.4 Å². The average molecular weight is 206 g/mol. The van der Waals surface area contributed by atoms with E-state index in [1.807, 2.05) is 0 Å². The summed E-state index contributed by atoms with van der Waals surface area (Å²) in [5, 5.41) is 0. The summed E-state index contributed by atoms with van der Waals surface area (Å²) in [6.07, 6.45) is 2.40. The second kappa shape index (κ2) is 3.44. The van der Waals surface area contributed by atoms with Gasteiger partial charge in [0, 0.05) is 12.0 Å². The van der Waals surface area contributed by atoms with Crippen molar-refractivity contribution in [2.45, 2.75) is 38.5 Å². The van der Waals surface area contributed by atoms with E-state index >= 15 is 0 Å². The first-order chi connectivity index (χ1) is 7.07. The summed E-state index contributed by atoms with van der Waals surface area (Å²) in [4.78, 5) is 11.7. The van der Waals surface area contributed by atoms with Gasteiger partial charge in [-0.25, -0.2) is 4.39 Å². The number of carbonyl (C=O) groups is 1. The molecule has 2 rings (SSSR count). The second-order valence-corrected chi connectivity index (χ2v) is 4.53. The lowest BCUT2D eigenvalue weighted by Crippen LogP contribution is -2.29. The fourth-order valence-corrected chi connectivity index (χ4v) is 2.30. The molecular weight excluding hydrogens is 191 g/mol. The lowest BCUT2D eigenvalue weighted by molar-refractivity contribution is 0.0952. The van der Waals surface area contributed by atoms with Crippen LogP contribution in [0.3, 0.4) is 0 Å². The molecular formula is C13H15FO. The van der Waals surface area contributed by atoms with E-state index in [-0.39, 0.29) is 17.0 Å². The number of benzene rings is 1. The Morgan fingerprint density at radius 2 is 2.20 bits per heavy atom. The summed E-state index contributed by atoms with van der Waals surface area (Å²) in [6, 6.07) is 4.60. The first-order valence-corrected chi connectivity index (χ1v) is 5.40. The van der Waals surface area contributed by atoms with Crippen LogP contribution in [0.5, 0.6) is 0 Å². The molecule has 0 radical (unpaired) electrons. The summed E-state index contributed by atoms with van der Waals surface area (Å²) in [5.74, 6) is -0.238. The van der Waals surface area contributed by atoms with Gasteiger partial charge in [0.1, 0.15) is 5.82 Å². The molecule has 1 nitrogen and oxygen atoms in total. The fourth-order valence-electron chi connectivity index (χ4n) is 2.30. The van der Waals surface area contributed by atoms with Gasteiger partial charge < -0.3 is 0 Å². The number of hydrogen-bond donors (Lipinski definition) is 0. The summed E-state index contributed by atoms with van der Waals surface area (Å²) in [6.45, 7) is 4.26. The topological polar surface area (TPSA) is 17.1 Å².